The summed E-state index contributed by atoms with van der Waals surface area (Å²) in [6.45, 7) is 8.58. The predicted octanol–water partition coefficient (Wildman–Crippen LogP) is 2.46. The average molecular weight is 262 g/mol. The van der Waals surface area contributed by atoms with Crippen molar-refractivity contribution >= 4 is 5.91 Å². The van der Waals surface area contributed by atoms with Gasteiger partial charge in [0.2, 0.25) is 5.91 Å². The molecule has 0 atom stereocenters. The fraction of sp³-hybridized carbons (Fsp3) is 0.143. The zero-order chi connectivity index (χ0) is 14.3. The molecule has 0 aliphatic rings. The lowest BCUT2D eigenvalue weighted by molar-refractivity contribution is -0.117. The van der Waals surface area contributed by atoms with Crippen molar-refractivity contribution < 1.29 is 13.9 Å². The van der Waals surface area contributed by atoms with Crippen LogP contribution in [0.1, 0.15) is 12.6 Å². The molecule has 1 aromatic rings. The fourth-order valence-corrected chi connectivity index (χ4v) is 1.12. The van der Waals surface area contributed by atoms with Crippen LogP contribution in [0, 0.1) is 5.82 Å². The van der Waals surface area contributed by atoms with Crippen LogP contribution in [0.5, 0.6) is 0 Å². The number of hydrogen-bond donors (Lipinski definition) is 1. The second-order valence-corrected chi connectivity index (χ2v) is 3.70. The van der Waals surface area contributed by atoms with E-state index in [4.69, 9.17) is 4.74 Å². The zero-order valence-corrected chi connectivity index (χ0v) is 10.6. The number of amides is 1. The zero-order valence-electron chi connectivity index (χ0n) is 10.6. The third kappa shape index (κ3) is 4.75. The van der Waals surface area contributed by atoms with Gasteiger partial charge in [-0.05, 0) is 25.1 Å². The van der Waals surface area contributed by atoms with Crippen LogP contribution in [0.2, 0.25) is 0 Å². The third-order valence-electron chi connectivity index (χ3n) is 2.22. The molecule has 0 fully saturated rings. The van der Waals surface area contributed by atoms with Crippen molar-refractivity contribution in [2.45, 2.75) is 13.5 Å². The first-order valence-electron chi connectivity index (χ1n) is 5.57. The number of carbonyl (C=O) groups is 1. The molecule has 1 rings (SSSR count). The number of allylic oxidation sites excluding steroid dienone is 1. The van der Waals surface area contributed by atoms with E-state index in [1.54, 1.807) is 6.92 Å². The number of nitrogens with one attached hydrogen (secondary N) is 1. The molecule has 1 aromatic heterocycles. The molecule has 0 aromatic carbocycles. The van der Waals surface area contributed by atoms with Gasteiger partial charge in [-0.3, -0.25) is 9.78 Å². The largest absolute Gasteiger partial charge is 0.465 e. The van der Waals surface area contributed by atoms with Gasteiger partial charge in [0.05, 0.1) is 18.5 Å². The Hall–Kier alpha value is -2.43. The Kier molecular flexibility index (Phi) is 5.47. The minimum Gasteiger partial charge on any atom is -0.465 e. The van der Waals surface area contributed by atoms with Gasteiger partial charge < -0.3 is 10.1 Å². The van der Waals surface area contributed by atoms with Crippen LogP contribution in [0.15, 0.2) is 55.2 Å². The summed E-state index contributed by atoms with van der Waals surface area (Å²) in [5.74, 6) is -0.495. The second-order valence-electron chi connectivity index (χ2n) is 3.70. The lowest BCUT2D eigenvalue weighted by Gasteiger charge is -2.06. The van der Waals surface area contributed by atoms with E-state index in [1.165, 1.54) is 30.7 Å². The van der Waals surface area contributed by atoms with E-state index < -0.39 is 5.82 Å². The number of nitrogens with zero attached hydrogens (tertiary/aromatic N) is 1. The summed E-state index contributed by atoms with van der Waals surface area (Å²) in [4.78, 5) is 15.5. The smallest absolute Gasteiger partial charge is 0.250 e. The van der Waals surface area contributed by atoms with Gasteiger partial charge in [0.15, 0.2) is 0 Å². The molecule has 0 bridgehead atoms. The average Bonchev–Trinajstić information content (AvgIpc) is 2.43. The highest BCUT2D eigenvalue weighted by atomic mass is 19.1. The molecule has 0 aliphatic heterocycles. The van der Waals surface area contributed by atoms with E-state index in [0.29, 0.717) is 11.3 Å². The van der Waals surface area contributed by atoms with Gasteiger partial charge in [0.25, 0.3) is 0 Å². The standard InChI is InChI=1S/C14H15FN2O2/c1-4-11(3)19-9-10(2)14(18)17-8-13-12(15)6-5-7-16-13/h4-7,9H,1,3,8H2,2H3,(H,17,18)/b10-9+. The minimum atomic E-state index is -0.458. The first-order valence-corrected chi connectivity index (χ1v) is 5.57. The van der Waals surface area contributed by atoms with Crippen LogP contribution in [-0.2, 0) is 16.1 Å². The monoisotopic (exact) mass is 262 g/mol. The molecular weight excluding hydrogens is 247 g/mol. The van der Waals surface area contributed by atoms with Gasteiger partial charge in [-0.15, -0.1) is 0 Å². The Bertz CT molecular complexity index is 524. The van der Waals surface area contributed by atoms with E-state index >= 15 is 0 Å². The molecule has 0 radical (unpaired) electrons. The highest BCUT2D eigenvalue weighted by molar-refractivity contribution is 5.92. The maximum atomic E-state index is 13.3. The van der Waals surface area contributed by atoms with Gasteiger partial charge in [0, 0.05) is 11.8 Å². The molecule has 0 saturated carbocycles. The van der Waals surface area contributed by atoms with Crippen molar-refractivity contribution in [1.29, 1.82) is 0 Å². The summed E-state index contributed by atoms with van der Waals surface area (Å²) < 4.78 is 18.3. The third-order valence-corrected chi connectivity index (χ3v) is 2.22. The Labute approximate surface area is 111 Å². The van der Waals surface area contributed by atoms with Crippen molar-refractivity contribution in [2.24, 2.45) is 0 Å². The molecule has 0 unspecified atom stereocenters. The summed E-state index contributed by atoms with van der Waals surface area (Å²) >= 11 is 0. The molecule has 1 heterocycles. The van der Waals surface area contributed by atoms with Crippen molar-refractivity contribution in [3.63, 3.8) is 0 Å². The molecule has 0 aliphatic carbocycles. The summed E-state index contributed by atoms with van der Waals surface area (Å²) in [6.07, 6.45) is 4.14. The Morgan fingerprint density at radius 1 is 1.63 bits per heavy atom. The van der Waals surface area contributed by atoms with Crippen LogP contribution < -0.4 is 5.32 Å². The first-order chi connectivity index (χ1) is 9.04. The summed E-state index contributed by atoms with van der Waals surface area (Å²) in [5, 5.41) is 2.54. The highest BCUT2D eigenvalue weighted by Gasteiger charge is 2.07. The van der Waals surface area contributed by atoms with Gasteiger partial charge in [-0.2, -0.15) is 0 Å². The van der Waals surface area contributed by atoms with Crippen LogP contribution >= 0.6 is 0 Å². The van der Waals surface area contributed by atoms with Crippen LogP contribution in [0.25, 0.3) is 0 Å². The molecule has 1 amide bonds. The van der Waals surface area contributed by atoms with Crippen LogP contribution in [-0.4, -0.2) is 10.9 Å². The summed E-state index contributed by atoms with van der Waals surface area (Å²) in [7, 11) is 0. The molecule has 100 valence electrons. The Balaban J connectivity index is 2.54. The first kappa shape index (κ1) is 14.6. The molecule has 0 saturated heterocycles. The summed E-state index contributed by atoms with van der Waals surface area (Å²) in [5.41, 5.74) is 0.513. The van der Waals surface area contributed by atoms with Crippen molar-refractivity contribution in [2.75, 3.05) is 0 Å². The number of halogens is 1. The molecule has 1 N–H and O–H groups in total. The number of pyridine rings is 1. The topological polar surface area (TPSA) is 51.2 Å². The fourth-order valence-electron chi connectivity index (χ4n) is 1.12. The number of rotatable bonds is 6. The number of hydrogen-bond acceptors (Lipinski definition) is 3. The van der Waals surface area contributed by atoms with Crippen molar-refractivity contribution in [3.8, 4) is 0 Å². The van der Waals surface area contributed by atoms with Gasteiger partial charge in [-0.25, -0.2) is 4.39 Å². The maximum absolute atomic E-state index is 13.3. The molecular formula is C14H15FN2O2. The molecule has 19 heavy (non-hydrogen) atoms. The number of aromatic nitrogens is 1. The number of carbonyl (C=O) groups excluding carboxylic acids is 1. The maximum Gasteiger partial charge on any atom is 0.250 e. The molecule has 5 heteroatoms. The van der Waals surface area contributed by atoms with Gasteiger partial charge in [-0.1, -0.05) is 13.2 Å². The van der Waals surface area contributed by atoms with Crippen LogP contribution in [0.3, 0.4) is 0 Å². The Morgan fingerprint density at radius 2 is 2.37 bits per heavy atom. The van der Waals surface area contributed by atoms with Crippen molar-refractivity contribution in [3.05, 3.63) is 66.7 Å². The van der Waals surface area contributed by atoms with Gasteiger partial charge >= 0.3 is 0 Å². The van der Waals surface area contributed by atoms with E-state index in [1.807, 2.05) is 0 Å². The summed E-state index contributed by atoms with van der Waals surface area (Å²) in [6, 6.07) is 2.77. The molecule has 4 nitrogen and oxygen atoms in total. The number of ether oxygens (including phenoxy) is 1. The quantitative estimate of drug-likeness (QED) is 0.486. The lowest BCUT2D eigenvalue weighted by Crippen LogP contribution is -2.24. The lowest BCUT2D eigenvalue weighted by atomic mass is 10.3. The van der Waals surface area contributed by atoms with Crippen LogP contribution in [0.4, 0.5) is 4.39 Å². The highest BCUT2D eigenvalue weighted by Crippen LogP contribution is 2.03. The van der Waals surface area contributed by atoms with E-state index in [-0.39, 0.29) is 18.1 Å². The second kappa shape index (κ2) is 7.10. The predicted molar refractivity (Wildman–Crippen MR) is 70.2 cm³/mol. The SMILES string of the molecule is C=CC(=C)O/C=C(\C)C(=O)NCc1ncccc1F. The molecule has 0 spiro atoms. The van der Waals surface area contributed by atoms with E-state index in [2.05, 4.69) is 23.5 Å². The normalized spacial score (nSPS) is 10.7. The van der Waals surface area contributed by atoms with Gasteiger partial charge in [0.1, 0.15) is 11.6 Å². The van der Waals surface area contributed by atoms with Crippen molar-refractivity contribution in [1.82, 2.24) is 10.3 Å². The van der Waals surface area contributed by atoms with E-state index in [9.17, 15) is 9.18 Å². The Morgan fingerprint density at radius 3 is 3.00 bits per heavy atom. The van der Waals surface area contributed by atoms with E-state index in [0.717, 1.165) is 0 Å². The minimum absolute atomic E-state index is 0.0130.